The molecule has 5 rings (SSSR count). The average molecular weight is 520 g/mol. The molecule has 1 amide bonds. The molecule has 0 saturated carbocycles. The number of aliphatic hydroxyl groups excluding tert-OH is 1. The van der Waals surface area contributed by atoms with E-state index in [4.69, 9.17) is 9.47 Å². The molecule has 0 unspecified atom stereocenters. The number of carbonyl (C=O) groups excluding carboxylic acids is 2. The zero-order valence-corrected chi connectivity index (χ0v) is 23.5. The zero-order chi connectivity index (χ0) is 27.7. The molecule has 0 fully saturated rings. The van der Waals surface area contributed by atoms with Crippen LogP contribution >= 0.6 is 0 Å². The molecular weight excluding hydrogens is 482 g/mol. The minimum atomic E-state index is -0.600. The number of nitrogens with zero attached hydrogens (tertiary/aromatic N) is 3. The number of aryl methyl sites for hydroxylation is 1. The highest BCUT2D eigenvalue weighted by atomic mass is 16.5. The summed E-state index contributed by atoms with van der Waals surface area (Å²) in [5.41, 5.74) is 4.83. The number of hydrogen-bond donors (Lipinski definition) is 1. The van der Waals surface area contributed by atoms with Gasteiger partial charge < -0.3 is 19.5 Å². The number of benzene rings is 1. The van der Waals surface area contributed by atoms with Crippen LogP contribution in [-0.4, -0.2) is 51.7 Å². The van der Waals surface area contributed by atoms with Gasteiger partial charge in [-0.05, 0) is 42.0 Å². The van der Waals surface area contributed by atoms with Crippen LogP contribution in [0.1, 0.15) is 63.3 Å². The quantitative estimate of drug-likeness (QED) is 0.629. The number of allylic oxidation sites excluding steroid dienone is 2. The Labute approximate surface area is 223 Å². The topological polar surface area (TPSA) is 93.9 Å². The van der Waals surface area contributed by atoms with Crippen molar-refractivity contribution >= 4 is 11.7 Å². The van der Waals surface area contributed by atoms with E-state index in [1.807, 2.05) is 39.2 Å². The number of likely N-dealkylation sites (N-methyl/N-ethyl adjacent to an activating group) is 1. The van der Waals surface area contributed by atoms with Gasteiger partial charge in [0.25, 0.3) is 5.91 Å². The monoisotopic (exact) mass is 519 g/mol. The molecule has 8 heteroatoms. The van der Waals surface area contributed by atoms with Crippen molar-refractivity contribution in [3.05, 3.63) is 57.7 Å². The standard InChI is InChI=1S/C30H37N3O5/c1-15(2)27-28-26(29(36)32(27)6)25(24-20(35)12-30(4,5)13-22(24)38-28)23-16(3)18(9-10-21(23)37-8)19-11-17(14-34)31-33(19)7/h9-11,15,25,27,34H,12-14H2,1-8H3/t25-,27+/m0/s1. The first-order valence-electron chi connectivity index (χ1n) is 13.2. The van der Waals surface area contributed by atoms with E-state index in [-0.39, 0.29) is 35.7 Å². The van der Waals surface area contributed by atoms with Gasteiger partial charge in [0, 0.05) is 43.6 Å². The van der Waals surface area contributed by atoms with Crippen molar-refractivity contribution in [2.45, 2.75) is 66.0 Å². The normalized spacial score (nSPS) is 22.7. The largest absolute Gasteiger partial charge is 0.496 e. The van der Waals surface area contributed by atoms with Crippen LogP contribution in [0.25, 0.3) is 11.3 Å². The van der Waals surface area contributed by atoms with Crippen LogP contribution in [0.15, 0.2) is 40.9 Å². The van der Waals surface area contributed by atoms with Gasteiger partial charge in [-0.2, -0.15) is 5.10 Å². The zero-order valence-electron chi connectivity index (χ0n) is 23.5. The Balaban J connectivity index is 1.81. The van der Waals surface area contributed by atoms with Gasteiger partial charge >= 0.3 is 0 Å². The van der Waals surface area contributed by atoms with Gasteiger partial charge in [-0.1, -0.05) is 27.7 Å². The van der Waals surface area contributed by atoms with Crippen molar-refractivity contribution in [1.29, 1.82) is 0 Å². The molecule has 0 radical (unpaired) electrons. The van der Waals surface area contributed by atoms with Crippen molar-refractivity contribution in [1.82, 2.24) is 14.7 Å². The molecule has 2 atom stereocenters. The SMILES string of the molecule is COc1ccc(-c2cc(CO)nn2C)c(C)c1[C@H]1C2=C(CC(C)(C)CC2=O)OC2=C1C(=O)N(C)[C@@H]2C(C)C. The molecule has 3 aliphatic rings. The van der Waals surface area contributed by atoms with Crippen LogP contribution in [-0.2, 0) is 28.0 Å². The number of ketones is 1. The first-order valence-corrected chi connectivity index (χ1v) is 13.2. The van der Waals surface area contributed by atoms with Crippen LogP contribution < -0.4 is 4.74 Å². The lowest BCUT2D eigenvalue weighted by Gasteiger charge is -2.39. The summed E-state index contributed by atoms with van der Waals surface area (Å²) in [7, 11) is 5.26. The van der Waals surface area contributed by atoms with E-state index in [9.17, 15) is 14.7 Å². The third kappa shape index (κ3) is 3.88. The molecule has 2 aromatic rings. The Morgan fingerprint density at radius 1 is 1.18 bits per heavy atom. The highest BCUT2D eigenvalue weighted by molar-refractivity contribution is 6.07. The first kappa shape index (κ1) is 26.2. The average Bonchev–Trinajstić information content (AvgIpc) is 3.33. The van der Waals surface area contributed by atoms with E-state index in [2.05, 4.69) is 32.8 Å². The Morgan fingerprint density at radius 2 is 1.89 bits per heavy atom. The molecule has 0 bridgehead atoms. The number of rotatable bonds is 5. The van der Waals surface area contributed by atoms with Crippen LogP contribution in [0.2, 0.25) is 0 Å². The second-order valence-corrected chi connectivity index (χ2v) is 11.9. The molecule has 8 nitrogen and oxygen atoms in total. The minimum absolute atomic E-state index is 0.00575. The van der Waals surface area contributed by atoms with Gasteiger partial charge in [-0.3, -0.25) is 14.3 Å². The summed E-state index contributed by atoms with van der Waals surface area (Å²) >= 11 is 0. The van der Waals surface area contributed by atoms with Crippen molar-refractivity contribution in [3.63, 3.8) is 0 Å². The fraction of sp³-hybridized carbons (Fsp3) is 0.500. The molecule has 2 aliphatic heterocycles. The summed E-state index contributed by atoms with van der Waals surface area (Å²) in [5.74, 6) is 1.34. The van der Waals surface area contributed by atoms with Crippen LogP contribution in [0.5, 0.6) is 5.75 Å². The molecule has 202 valence electrons. The van der Waals surface area contributed by atoms with E-state index >= 15 is 0 Å². The van der Waals surface area contributed by atoms with E-state index in [1.165, 1.54) is 0 Å². The van der Waals surface area contributed by atoms with E-state index in [1.54, 1.807) is 16.7 Å². The Bertz CT molecular complexity index is 1410. The number of aliphatic hydroxyl groups is 1. The molecule has 0 saturated heterocycles. The van der Waals surface area contributed by atoms with Gasteiger partial charge in [0.2, 0.25) is 0 Å². The number of hydrogen-bond acceptors (Lipinski definition) is 6. The van der Waals surface area contributed by atoms with Crippen LogP contribution in [0.3, 0.4) is 0 Å². The lowest BCUT2D eigenvalue weighted by molar-refractivity contribution is -0.126. The Morgan fingerprint density at radius 3 is 2.50 bits per heavy atom. The molecule has 1 aromatic heterocycles. The summed E-state index contributed by atoms with van der Waals surface area (Å²) < 4.78 is 14.2. The summed E-state index contributed by atoms with van der Waals surface area (Å²) in [5, 5.41) is 14.1. The number of Topliss-reactive ketones (excluding diaryl/α,β-unsaturated/α-hetero) is 1. The lowest BCUT2D eigenvalue weighted by Crippen LogP contribution is -2.36. The maximum Gasteiger partial charge on any atom is 0.254 e. The van der Waals surface area contributed by atoms with Crippen molar-refractivity contribution < 1.29 is 24.2 Å². The Hall–Kier alpha value is -3.39. The van der Waals surface area contributed by atoms with Gasteiger partial charge in [-0.15, -0.1) is 0 Å². The number of aromatic nitrogens is 2. The number of ether oxygens (including phenoxy) is 2. The van der Waals surface area contributed by atoms with E-state index in [0.717, 1.165) is 22.4 Å². The summed E-state index contributed by atoms with van der Waals surface area (Å²) in [6.45, 7) is 10.2. The van der Waals surface area contributed by atoms with E-state index < -0.39 is 5.92 Å². The van der Waals surface area contributed by atoms with Crippen molar-refractivity contribution in [3.8, 4) is 17.0 Å². The third-order valence-electron chi connectivity index (χ3n) is 8.17. The molecule has 38 heavy (non-hydrogen) atoms. The molecule has 0 spiro atoms. The molecule has 1 aromatic carbocycles. The van der Waals surface area contributed by atoms with Crippen molar-refractivity contribution in [2.75, 3.05) is 14.2 Å². The molecular formula is C30H37N3O5. The predicted molar refractivity (Wildman–Crippen MR) is 143 cm³/mol. The van der Waals surface area contributed by atoms with Crippen LogP contribution in [0, 0.1) is 18.3 Å². The van der Waals surface area contributed by atoms with Gasteiger partial charge in [0.05, 0.1) is 42.6 Å². The van der Waals surface area contributed by atoms with Crippen molar-refractivity contribution in [2.24, 2.45) is 18.4 Å². The van der Waals surface area contributed by atoms with Gasteiger partial charge in [0.1, 0.15) is 17.3 Å². The lowest BCUT2D eigenvalue weighted by atomic mass is 9.68. The van der Waals surface area contributed by atoms with Gasteiger partial charge in [-0.25, -0.2) is 0 Å². The number of methoxy groups -OCH3 is 1. The first-order chi connectivity index (χ1) is 17.9. The van der Waals surface area contributed by atoms with Crippen LogP contribution in [0.4, 0.5) is 0 Å². The fourth-order valence-corrected chi connectivity index (χ4v) is 6.52. The third-order valence-corrected chi connectivity index (χ3v) is 8.17. The summed E-state index contributed by atoms with van der Waals surface area (Å²) in [6, 6.07) is 5.49. The second kappa shape index (κ2) is 9.12. The number of amides is 1. The second-order valence-electron chi connectivity index (χ2n) is 11.9. The maximum atomic E-state index is 13.9. The van der Waals surface area contributed by atoms with E-state index in [0.29, 0.717) is 46.9 Å². The summed E-state index contributed by atoms with van der Waals surface area (Å²) in [6.07, 6.45) is 1.00. The highest BCUT2D eigenvalue weighted by Gasteiger charge is 2.52. The summed E-state index contributed by atoms with van der Waals surface area (Å²) in [4.78, 5) is 29.4. The smallest absolute Gasteiger partial charge is 0.254 e. The molecule has 1 N–H and O–H groups in total. The number of carbonyl (C=O) groups is 2. The molecule has 1 aliphatic carbocycles. The highest BCUT2D eigenvalue weighted by Crippen LogP contribution is 2.55. The fourth-order valence-electron chi connectivity index (χ4n) is 6.52. The minimum Gasteiger partial charge on any atom is -0.496 e. The van der Waals surface area contributed by atoms with Gasteiger partial charge in [0.15, 0.2) is 5.78 Å². The maximum absolute atomic E-state index is 13.9. The predicted octanol–water partition coefficient (Wildman–Crippen LogP) is 4.40. The molecule has 3 heterocycles. The Kier molecular flexibility index (Phi) is 6.29.